The van der Waals surface area contributed by atoms with Crippen LogP contribution in [0.15, 0.2) is 36.2 Å². The molecule has 0 aromatic heterocycles. The molecule has 0 aromatic carbocycles. The molecule has 78 valence electrons. The molecule has 0 N–H and O–H groups in total. The predicted octanol–water partition coefficient (Wildman–Crippen LogP) is 3.07. The van der Waals surface area contributed by atoms with Gasteiger partial charge in [0.15, 0.2) is 0 Å². The molecule has 1 rings (SSSR count). The van der Waals surface area contributed by atoms with E-state index in [2.05, 4.69) is 18.5 Å². The maximum absolute atomic E-state index is 13.1. The summed E-state index contributed by atoms with van der Waals surface area (Å²) in [6.07, 6.45) is 7.10. The minimum absolute atomic E-state index is 0.180. The molecule has 1 atom stereocenters. The van der Waals surface area contributed by atoms with Gasteiger partial charge in [-0.05, 0) is 45.0 Å². The second kappa shape index (κ2) is 5.11. The Hall–Kier alpha value is -0.890. The molecule has 0 bridgehead atoms. The minimum atomic E-state index is -0.180. The molecule has 1 saturated heterocycles. The van der Waals surface area contributed by atoms with Crippen molar-refractivity contribution in [2.45, 2.75) is 25.8 Å². The third kappa shape index (κ3) is 2.55. The summed E-state index contributed by atoms with van der Waals surface area (Å²) in [5.41, 5.74) is 0.987. The Kier molecular flexibility index (Phi) is 4.08. The molecular weight excluding hydrogens is 177 g/mol. The number of hydrogen-bond acceptors (Lipinski definition) is 1. The molecule has 0 saturated carbocycles. The van der Waals surface area contributed by atoms with Crippen LogP contribution in [0.5, 0.6) is 0 Å². The van der Waals surface area contributed by atoms with Crippen LogP contribution in [-0.2, 0) is 0 Å². The molecule has 0 aromatic rings. The Morgan fingerprint density at radius 3 is 2.71 bits per heavy atom. The van der Waals surface area contributed by atoms with E-state index in [1.807, 2.05) is 0 Å². The van der Waals surface area contributed by atoms with Crippen molar-refractivity contribution in [1.82, 2.24) is 4.90 Å². The SMILES string of the molecule is C=C/C(=C\C(F)=C/C)[C@H]1CCCN1C. The normalized spacial score (nSPS) is 25.5. The van der Waals surface area contributed by atoms with Gasteiger partial charge in [-0.15, -0.1) is 0 Å². The summed E-state index contributed by atoms with van der Waals surface area (Å²) in [7, 11) is 2.07. The molecule has 0 aliphatic carbocycles. The summed E-state index contributed by atoms with van der Waals surface area (Å²) < 4.78 is 13.1. The average Bonchev–Trinajstić information content (AvgIpc) is 2.60. The third-order valence-corrected chi connectivity index (χ3v) is 2.72. The molecule has 1 nitrogen and oxygen atoms in total. The maximum atomic E-state index is 13.1. The van der Waals surface area contributed by atoms with Gasteiger partial charge in [-0.2, -0.15) is 0 Å². The van der Waals surface area contributed by atoms with Crippen molar-refractivity contribution >= 4 is 0 Å². The molecule has 1 heterocycles. The fourth-order valence-electron chi connectivity index (χ4n) is 1.87. The van der Waals surface area contributed by atoms with Crippen LogP contribution in [0.1, 0.15) is 19.8 Å². The van der Waals surface area contributed by atoms with Gasteiger partial charge in [-0.1, -0.05) is 18.7 Å². The van der Waals surface area contributed by atoms with E-state index in [-0.39, 0.29) is 5.83 Å². The van der Waals surface area contributed by atoms with Crippen LogP contribution in [0.2, 0.25) is 0 Å². The lowest BCUT2D eigenvalue weighted by Crippen LogP contribution is -2.26. The van der Waals surface area contributed by atoms with Crippen molar-refractivity contribution in [3.05, 3.63) is 36.2 Å². The Labute approximate surface area is 85.6 Å². The van der Waals surface area contributed by atoms with Gasteiger partial charge in [-0.25, -0.2) is 4.39 Å². The van der Waals surface area contributed by atoms with E-state index in [0.717, 1.165) is 18.5 Å². The van der Waals surface area contributed by atoms with E-state index in [0.29, 0.717) is 6.04 Å². The number of nitrogens with zero attached hydrogens (tertiary/aromatic N) is 1. The quantitative estimate of drug-likeness (QED) is 0.625. The Balaban J connectivity index is 2.80. The van der Waals surface area contributed by atoms with E-state index < -0.39 is 0 Å². The number of hydrogen-bond donors (Lipinski definition) is 0. The monoisotopic (exact) mass is 195 g/mol. The van der Waals surface area contributed by atoms with Gasteiger partial charge in [0.1, 0.15) is 5.83 Å². The fraction of sp³-hybridized carbons (Fsp3) is 0.500. The zero-order valence-corrected chi connectivity index (χ0v) is 8.96. The summed E-state index contributed by atoms with van der Waals surface area (Å²) in [4.78, 5) is 2.25. The van der Waals surface area contributed by atoms with Crippen molar-refractivity contribution in [2.75, 3.05) is 13.6 Å². The van der Waals surface area contributed by atoms with Gasteiger partial charge in [0.2, 0.25) is 0 Å². The largest absolute Gasteiger partial charge is 0.299 e. The zero-order valence-electron chi connectivity index (χ0n) is 8.96. The number of allylic oxidation sites excluding steroid dienone is 3. The number of halogens is 1. The van der Waals surface area contributed by atoms with Gasteiger partial charge < -0.3 is 0 Å². The van der Waals surface area contributed by atoms with Gasteiger partial charge in [-0.3, -0.25) is 4.90 Å². The molecule has 0 unspecified atom stereocenters. The lowest BCUT2D eigenvalue weighted by molar-refractivity contribution is 0.348. The second-order valence-corrected chi connectivity index (χ2v) is 3.66. The predicted molar refractivity (Wildman–Crippen MR) is 58.8 cm³/mol. The summed E-state index contributed by atoms with van der Waals surface area (Å²) >= 11 is 0. The highest BCUT2D eigenvalue weighted by molar-refractivity contribution is 5.30. The van der Waals surface area contributed by atoms with Crippen molar-refractivity contribution in [3.63, 3.8) is 0 Å². The molecule has 1 aliphatic rings. The first-order chi connectivity index (χ1) is 6.69. The highest BCUT2D eigenvalue weighted by Gasteiger charge is 2.22. The van der Waals surface area contributed by atoms with Crippen LogP contribution < -0.4 is 0 Å². The first kappa shape index (κ1) is 11.2. The Bertz CT molecular complexity index is 265. The lowest BCUT2D eigenvalue weighted by atomic mass is 10.0. The first-order valence-electron chi connectivity index (χ1n) is 5.05. The topological polar surface area (TPSA) is 3.24 Å². The van der Waals surface area contributed by atoms with E-state index >= 15 is 0 Å². The summed E-state index contributed by atoms with van der Waals surface area (Å²) in [6.45, 7) is 6.53. The maximum Gasteiger partial charge on any atom is 0.119 e. The van der Waals surface area contributed by atoms with Crippen LogP contribution in [-0.4, -0.2) is 24.5 Å². The van der Waals surface area contributed by atoms with Crippen molar-refractivity contribution < 1.29 is 4.39 Å². The molecule has 0 spiro atoms. The Morgan fingerprint density at radius 1 is 1.57 bits per heavy atom. The smallest absolute Gasteiger partial charge is 0.119 e. The zero-order chi connectivity index (χ0) is 10.6. The van der Waals surface area contributed by atoms with Crippen LogP contribution >= 0.6 is 0 Å². The number of likely N-dealkylation sites (tertiary alicyclic amines) is 1. The molecule has 14 heavy (non-hydrogen) atoms. The first-order valence-corrected chi connectivity index (χ1v) is 5.05. The van der Waals surface area contributed by atoms with Gasteiger partial charge in [0.05, 0.1) is 0 Å². The standard InChI is InChI=1S/C12H18FN/c1-4-10(9-11(13)5-2)12-7-6-8-14(12)3/h4-5,9,12H,1,6-8H2,2-3H3/b10-9+,11-5+/t12-/m1/s1. The molecule has 0 amide bonds. The number of rotatable bonds is 3. The van der Waals surface area contributed by atoms with Gasteiger partial charge in [0, 0.05) is 6.04 Å². The summed E-state index contributed by atoms with van der Waals surface area (Å²) in [6, 6.07) is 0.346. The lowest BCUT2D eigenvalue weighted by Gasteiger charge is -2.20. The van der Waals surface area contributed by atoms with Crippen LogP contribution in [0.3, 0.4) is 0 Å². The second-order valence-electron chi connectivity index (χ2n) is 3.66. The summed E-state index contributed by atoms with van der Waals surface area (Å²) in [5, 5.41) is 0. The van der Waals surface area contributed by atoms with Crippen LogP contribution in [0.4, 0.5) is 4.39 Å². The highest BCUT2D eigenvalue weighted by Crippen LogP contribution is 2.23. The molecular formula is C12H18FN. The Morgan fingerprint density at radius 2 is 2.29 bits per heavy atom. The van der Waals surface area contributed by atoms with Crippen molar-refractivity contribution in [2.24, 2.45) is 0 Å². The molecule has 1 fully saturated rings. The van der Waals surface area contributed by atoms with Crippen molar-refractivity contribution in [1.29, 1.82) is 0 Å². The fourth-order valence-corrected chi connectivity index (χ4v) is 1.87. The van der Waals surface area contributed by atoms with E-state index in [1.54, 1.807) is 19.1 Å². The summed E-state index contributed by atoms with van der Waals surface area (Å²) in [5.74, 6) is -0.180. The van der Waals surface area contributed by atoms with Crippen LogP contribution in [0.25, 0.3) is 0 Å². The minimum Gasteiger partial charge on any atom is -0.299 e. The van der Waals surface area contributed by atoms with E-state index in [1.165, 1.54) is 12.5 Å². The third-order valence-electron chi connectivity index (χ3n) is 2.72. The number of likely N-dealkylation sites (N-methyl/N-ethyl adjacent to an activating group) is 1. The van der Waals surface area contributed by atoms with Crippen molar-refractivity contribution in [3.8, 4) is 0 Å². The molecule has 1 aliphatic heterocycles. The van der Waals surface area contributed by atoms with Gasteiger partial charge in [0.25, 0.3) is 0 Å². The van der Waals surface area contributed by atoms with E-state index in [4.69, 9.17) is 0 Å². The van der Waals surface area contributed by atoms with E-state index in [9.17, 15) is 4.39 Å². The van der Waals surface area contributed by atoms with Gasteiger partial charge >= 0.3 is 0 Å². The highest BCUT2D eigenvalue weighted by atomic mass is 19.1. The molecule has 0 radical (unpaired) electrons. The average molecular weight is 195 g/mol. The molecule has 2 heteroatoms. The van der Waals surface area contributed by atoms with Crippen LogP contribution in [0, 0.1) is 0 Å².